The van der Waals surface area contributed by atoms with Gasteiger partial charge in [-0.1, -0.05) is 12.1 Å². The summed E-state index contributed by atoms with van der Waals surface area (Å²) in [7, 11) is 0. The van der Waals surface area contributed by atoms with Crippen LogP contribution in [0.15, 0.2) is 18.2 Å². The van der Waals surface area contributed by atoms with Crippen LogP contribution in [-0.4, -0.2) is 22.3 Å². The lowest BCUT2D eigenvalue weighted by Crippen LogP contribution is -2.26. The largest absolute Gasteiger partial charge is 0.334 e. The minimum Gasteiger partial charge on any atom is -0.334 e. The normalized spacial score (nSPS) is 18.4. The standard InChI is InChI=1S/C12H12N2O3/c15-12-11-9(2-1-3-10(11)14(16)17)7-13(12)6-8-4-5-8/h1-3,8H,4-7H2. The summed E-state index contributed by atoms with van der Waals surface area (Å²) in [5, 5.41) is 10.9. The Balaban J connectivity index is 1.95. The summed E-state index contributed by atoms with van der Waals surface area (Å²) >= 11 is 0. The first-order valence-corrected chi connectivity index (χ1v) is 5.72. The van der Waals surface area contributed by atoms with E-state index in [1.54, 1.807) is 17.0 Å². The van der Waals surface area contributed by atoms with Crippen molar-refractivity contribution in [1.29, 1.82) is 0 Å². The fourth-order valence-corrected chi connectivity index (χ4v) is 2.31. The topological polar surface area (TPSA) is 63.4 Å². The predicted octanol–water partition coefficient (Wildman–Crippen LogP) is 1.96. The Labute approximate surface area is 98.2 Å². The first kappa shape index (κ1) is 10.3. The number of hydrogen-bond acceptors (Lipinski definition) is 3. The molecular formula is C12H12N2O3. The Bertz CT molecular complexity index is 508. The van der Waals surface area contributed by atoms with Crippen molar-refractivity contribution in [1.82, 2.24) is 4.90 Å². The van der Waals surface area contributed by atoms with Crippen LogP contribution >= 0.6 is 0 Å². The number of nitro groups is 1. The summed E-state index contributed by atoms with van der Waals surface area (Å²) in [5.41, 5.74) is 1.01. The summed E-state index contributed by atoms with van der Waals surface area (Å²) in [5.74, 6) is 0.423. The Hall–Kier alpha value is -1.91. The number of fused-ring (bicyclic) bond motifs is 1. The van der Waals surface area contributed by atoms with Crippen LogP contribution in [0.3, 0.4) is 0 Å². The molecule has 2 aliphatic rings. The van der Waals surface area contributed by atoms with E-state index in [0.717, 1.165) is 12.1 Å². The maximum absolute atomic E-state index is 12.1. The minimum atomic E-state index is -0.475. The minimum absolute atomic E-state index is 0.0641. The van der Waals surface area contributed by atoms with Crippen molar-refractivity contribution in [2.24, 2.45) is 5.92 Å². The molecule has 0 radical (unpaired) electrons. The molecule has 0 unspecified atom stereocenters. The number of hydrogen-bond donors (Lipinski definition) is 0. The monoisotopic (exact) mass is 232 g/mol. The highest BCUT2D eigenvalue weighted by molar-refractivity contribution is 6.02. The SMILES string of the molecule is O=C1c2c(cccc2[N+](=O)[O-])CN1CC1CC1. The average molecular weight is 232 g/mol. The zero-order valence-electron chi connectivity index (χ0n) is 9.26. The van der Waals surface area contributed by atoms with Crippen LogP contribution in [0.5, 0.6) is 0 Å². The maximum Gasteiger partial charge on any atom is 0.282 e. The molecule has 1 heterocycles. The number of benzene rings is 1. The van der Waals surface area contributed by atoms with Crippen LogP contribution in [0, 0.1) is 16.0 Å². The number of amides is 1. The van der Waals surface area contributed by atoms with Crippen molar-refractivity contribution >= 4 is 11.6 Å². The van der Waals surface area contributed by atoms with Crippen molar-refractivity contribution in [3.8, 4) is 0 Å². The molecule has 1 amide bonds. The van der Waals surface area contributed by atoms with E-state index in [2.05, 4.69) is 0 Å². The number of nitro benzene ring substituents is 1. The van der Waals surface area contributed by atoms with Crippen LogP contribution in [0.4, 0.5) is 5.69 Å². The first-order valence-electron chi connectivity index (χ1n) is 5.72. The highest BCUT2D eigenvalue weighted by atomic mass is 16.6. The van der Waals surface area contributed by atoms with Gasteiger partial charge in [-0.05, 0) is 24.3 Å². The van der Waals surface area contributed by atoms with Gasteiger partial charge in [0.05, 0.1) is 4.92 Å². The first-order chi connectivity index (χ1) is 8.16. The molecule has 0 spiro atoms. The van der Waals surface area contributed by atoms with Gasteiger partial charge < -0.3 is 4.90 Å². The van der Waals surface area contributed by atoms with Gasteiger partial charge in [0.1, 0.15) is 5.56 Å². The van der Waals surface area contributed by atoms with Gasteiger partial charge in [-0.25, -0.2) is 0 Å². The van der Waals surface area contributed by atoms with Crippen LogP contribution in [0.2, 0.25) is 0 Å². The van der Waals surface area contributed by atoms with Gasteiger partial charge in [0.25, 0.3) is 11.6 Å². The lowest BCUT2D eigenvalue weighted by atomic mass is 10.1. The molecule has 1 saturated carbocycles. The van der Waals surface area contributed by atoms with E-state index in [1.807, 2.05) is 0 Å². The van der Waals surface area contributed by atoms with Crippen LogP contribution in [0.25, 0.3) is 0 Å². The fourth-order valence-electron chi connectivity index (χ4n) is 2.31. The van der Waals surface area contributed by atoms with Gasteiger partial charge in [0, 0.05) is 19.2 Å². The van der Waals surface area contributed by atoms with Crippen molar-refractivity contribution in [3.63, 3.8) is 0 Å². The molecule has 1 aromatic rings. The third-order valence-corrected chi connectivity index (χ3v) is 3.36. The molecule has 1 fully saturated rings. The molecule has 3 rings (SSSR count). The lowest BCUT2D eigenvalue weighted by Gasteiger charge is -2.14. The van der Waals surface area contributed by atoms with Gasteiger partial charge in [0.15, 0.2) is 0 Å². The second kappa shape index (κ2) is 3.55. The lowest BCUT2D eigenvalue weighted by molar-refractivity contribution is -0.385. The van der Waals surface area contributed by atoms with E-state index >= 15 is 0 Å². The predicted molar refractivity (Wildman–Crippen MR) is 60.6 cm³/mol. The van der Waals surface area contributed by atoms with Crippen molar-refractivity contribution < 1.29 is 9.72 Å². The second-order valence-electron chi connectivity index (χ2n) is 4.70. The smallest absolute Gasteiger partial charge is 0.282 e. The molecule has 0 saturated heterocycles. The Morgan fingerprint density at radius 1 is 1.41 bits per heavy atom. The quantitative estimate of drug-likeness (QED) is 0.591. The third kappa shape index (κ3) is 1.67. The van der Waals surface area contributed by atoms with E-state index in [0.29, 0.717) is 12.5 Å². The number of rotatable bonds is 3. The van der Waals surface area contributed by atoms with Crippen LogP contribution in [0.1, 0.15) is 28.8 Å². The van der Waals surface area contributed by atoms with Gasteiger partial charge in [0.2, 0.25) is 0 Å². The number of carbonyl (C=O) groups is 1. The van der Waals surface area contributed by atoms with Crippen molar-refractivity contribution in [3.05, 3.63) is 39.4 Å². The van der Waals surface area contributed by atoms with Gasteiger partial charge in [-0.2, -0.15) is 0 Å². The molecule has 5 nitrogen and oxygen atoms in total. The zero-order chi connectivity index (χ0) is 12.0. The molecule has 0 bridgehead atoms. The molecule has 1 aliphatic carbocycles. The van der Waals surface area contributed by atoms with E-state index < -0.39 is 4.92 Å². The molecule has 1 aliphatic heterocycles. The summed E-state index contributed by atoms with van der Waals surface area (Å²) in [6, 6.07) is 4.84. The Morgan fingerprint density at radius 3 is 2.82 bits per heavy atom. The fraction of sp³-hybridized carbons (Fsp3) is 0.417. The molecule has 0 N–H and O–H groups in total. The van der Waals surface area contributed by atoms with E-state index in [-0.39, 0.29) is 17.2 Å². The summed E-state index contributed by atoms with van der Waals surface area (Å²) in [6.45, 7) is 1.26. The number of nitrogens with zero attached hydrogens (tertiary/aromatic N) is 2. The molecule has 88 valence electrons. The van der Waals surface area contributed by atoms with Crippen molar-refractivity contribution in [2.45, 2.75) is 19.4 Å². The molecule has 1 aromatic carbocycles. The number of carbonyl (C=O) groups excluding carboxylic acids is 1. The molecule has 0 atom stereocenters. The Morgan fingerprint density at radius 2 is 2.18 bits per heavy atom. The van der Waals surface area contributed by atoms with E-state index in [9.17, 15) is 14.9 Å². The van der Waals surface area contributed by atoms with Gasteiger partial charge in [-0.15, -0.1) is 0 Å². The second-order valence-corrected chi connectivity index (χ2v) is 4.70. The molecule has 0 aromatic heterocycles. The molecule has 17 heavy (non-hydrogen) atoms. The van der Waals surface area contributed by atoms with Crippen molar-refractivity contribution in [2.75, 3.05) is 6.54 Å². The Kier molecular flexibility index (Phi) is 2.14. The van der Waals surface area contributed by atoms with Gasteiger partial charge >= 0.3 is 0 Å². The zero-order valence-corrected chi connectivity index (χ0v) is 9.26. The highest BCUT2D eigenvalue weighted by Gasteiger charge is 2.36. The summed E-state index contributed by atoms with van der Waals surface area (Å²) in [6.07, 6.45) is 2.34. The van der Waals surface area contributed by atoms with Crippen LogP contribution < -0.4 is 0 Å². The third-order valence-electron chi connectivity index (χ3n) is 3.36. The van der Waals surface area contributed by atoms with Crippen LogP contribution in [-0.2, 0) is 6.54 Å². The summed E-state index contributed by atoms with van der Waals surface area (Å²) < 4.78 is 0. The van der Waals surface area contributed by atoms with Gasteiger partial charge in [-0.3, -0.25) is 14.9 Å². The summed E-state index contributed by atoms with van der Waals surface area (Å²) in [4.78, 5) is 24.2. The maximum atomic E-state index is 12.1. The molecule has 5 heteroatoms. The van der Waals surface area contributed by atoms with E-state index in [4.69, 9.17) is 0 Å². The molecular weight excluding hydrogens is 220 g/mol. The average Bonchev–Trinajstić information content (AvgIpc) is 3.05. The highest BCUT2D eigenvalue weighted by Crippen LogP contribution is 2.35. The van der Waals surface area contributed by atoms with E-state index in [1.165, 1.54) is 18.9 Å².